The predicted octanol–water partition coefficient (Wildman–Crippen LogP) is 6.26. The molecule has 3 aliphatic rings. The average molecular weight is 623 g/mol. The zero-order chi connectivity index (χ0) is 30.8. The number of nitrogen functional groups attached to an aromatic ring is 1. The Bertz CT molecular complexity index is 1770. The number of pyridine rings is 1. The number of allylic oxidation sites excluding steroid dienone is 6. The lowest BCUT2D eigenvalue weighted by Gasteiger charge is -2.12. The van der Waals surface area contributed by atoms with E-state index < -0.39 is 11.7 Å². The molecule has 44 heavy (non-hydrogen) atoms. The first kappa shape index (κ1) is 29.6. The van der Waals surface area contributed by atoms with Crippen molar-refractivity contribution in [3.63, 3.8) is 0 Å². The fraction of sp³-hybridized carbons (Fsp3) is 0.258. The van der Waals surface area contributed by atoms with Crippen LogP contribution in [0.4, 0.5) is 19.1 Å². The molecule has 0 aromatic carbocycles. The molecule has 0 bridgehead atoms. The fourth-order valence-corrected chi connectivity index (χ4v) is 5.70. The topological polar surface area (TPSA) is 120 Å². The summed E-state index contributed by atoms with van der Waals surface area (Å²) < 4.78 is 51.2. The highest BCUT2D eigenvalue weighted by Crippen LogP contribution is 2.34. The monoisotopic (exact) mass is 622 g/mol. The van der Waals surface area contributed by atoms with Crippen molar-refractivity contribution in [2.75, 3.05) is 18.9 Å². The number of fused-ring (bicyclic) bond motifs is 1. The van der Waals surface area contributed by atoms with E-state index in [1.165, 1.54) is 23.2 Å². The Balaban J connectivity index is 1.18. The van der Waals surface area contributed by atoms with Gasteiger partial charge in [-0.05, 0) is 72.0 Å². The lowest BCUT2D eigenvalue weighted by Crippen LogP contribution is -2.10. The van der Waals surface area contributed by atoms with Gasteiger partial charge in [-0.1, -0.05) is 18.2 Å². The van der Waals surface area contributed by atoms with Gasteiger partial charge in [-0.3, -0.25) is 4.79 Å². The number of nitrogens with zero attached hydrogens (tertiary/aromatic N) is 3. The molecule has 228 valence electrons. The van der Waals surface area contributed by atoms with Crippen molar-refractivity contribution in [2.45, 2.75) is 37.9 Å². The highest BCUT2D eigenvalue weighted by molar-refractivity contribution is 7.98. The largest absolute Gasteiger partial charge is 0.473 e. The van der Waals surface area contributed by atoms with Crippen molar-refractivity contribution in [3.05, 3.63) is 105 Å². The Morgan fingerprint density at radius 2 is 2.07 bits per heavy atom. The molecular weight excluding hydrogens is 593 g/mol. The van der Waals surface area contributed by atoms with E-state index in [0.29, 0.717) is 34.2 Å². The van der Waals surface area contributed by atoms with Gasteiger partial charge in [0.15, 0.2) is 11.7 Å². The van der Waals surface area contributed by atoms with Gasteiger partial charge in [-0.15, -0.1) is 0 Å². The molecular formula is C31H29F3N6O3S. The maximum atomic E-state index is 14.2. The molecule has 3 heterocycles. The van der Waals surface area contributed by atoms with Crippen LogP contribution >= 0.6 is 11.9 Å². The second-order valence-electron chi connectivity index (χ2n) is 10.6. The molecule has 0 radical (unpaired) electrons. The summed E-state index contributed by atoms with van der Waals surface area (Å²) in [6.07, 6.45) is 13.8. The number of ether oxygens (including phenoxy) is 1. The molecule has 0 unspecified atom stereocenters. The first-order valence-electron chi connectivity index (χ1n) is 14.0. The molecule has 0 atom stereocenters. The zero-order valence-electron chi connectivity index (χ0n) is 23.7. The van der Waals surface area contributed by atoms with Gasteiger partial charge >= 0.3 is 0 Å². The Hall–Kier alpha value is -4.49. The van der Waals surface area contributed by atoms with E-state index >= 15 is 0 Å². The maximum absolute atomic E-state index is 14.2. The van der Waals surface area contributed by atoms with E-state index in [1.54, 1.807) is 43.2 Å². The molecule has 3 aromatic heterocycles. The van der Waals surface area contributed by atoms with Crippen LogP contribution in [-0.4, -0.2) is 44.0 Å². The highest BCUT2D eigenvalue weighted by atomic mass is 32.2. The zero-order valence-corrected chi connectivity index (χ0v) is 24.5. The minimum Gasteiger partial charge on any atom is -0.473 e. The molecule has 6 rings (SSSR count). The summed E-state index contributed by atoms with van der Waals surface area (Å²) in [5.74, 6) is -1.91. The van der Waals surface area contributed by atoms with E-state index in [9.17, 15) is 18.1 Å². The number of halogens is 3. The van der Waals surface area contributed by atoms with Crippen molar-refractivity contribution < 1.29 is 27.8 Å². The number of aryl methyl sites for hydroxylation is 1. The number of hydrogen-bond donors (Lipinski definition) is 3. The number of ketones is 1. The van der Waals surface area contributed by atoms with Gasteiger partial charge in [0.25, 0.3) is 0 Å². The molecule has 9 nitrogen and oxygen atoms in total. The number of H-pyrrole nitrogens is 1. The van der Waals surface area contributed by atoms with Crippen LogP contribution < -0.4 is 15.2 Å². The van der Waals surface area contributed by atoms with Crippen LogP contribution in [0.1, 0.15) is 52.1 Å². The van der Waals surface area contributed by atoms with Gasteiger partial charge in [0.05, 0.1) is 29.3 Å². The average Bonchev–Trinajstić information content (AvgIpc) is 3.71. The number of nitrogens with one attached hydrogen (secondary N) is 2. The van der Waals surface area contributed by atoms with Crippen LogP contribution in [0.25, 0.3) is 11.8 Å². The lowest BCUT2D eigenvalue weighted by atomic mass is 10.1. The van der Waals surface area contributed by atoms with Gasteiger partial charge in [-0.2, -0.15) is 10.0 Å². The van der Waals surface area contributed by atoms with Crippen molar-refractivity contribution in [3.8, 4) is 11.6 Å². The minimum absolute atomic E-state index is 0.114. The Labute approximate surface area is 255 Å². The van der Waals surface area contributed by atoms with Crippen molar-refractivity contribution in [2.24, 2.45) is 0 Å². The summed E-state index contributed by atoms with van der Waals surface area (Å²) in [5.41, 5.74) is 11.2. The first-order chi connectivity index (χ1) is 21.3. The number of anilines is 1. The SMILES string of the molecule is Cc1cc(OCC2=C(F)C(F)=CC=CC2)ncc1-n1ncc(C(=O)c2cc3c([nH]2)CC=C(NSC2CC2)C(COF)=C3)c1N. The molecule has 4 N–H and O–H groups in total. The summed E-state index contributed by atoms with van der Waals surface area (Å²) in [4.78, 5) is 24.9. The summed E-state index contributed by atoms with van der Waals surface area (Å²) in [6, 6.07) is 3.34. The third-order valence-corrected chi connectivity index (χ3v) is 8.57. The van der Waals surface area contributed by atoms with Gasteiger partial charge in [0.1, 0.15) is 19.0 Å². The van der Waals surface area contributed by atoms with Crippen molar-refractivity contribution in [1.82, 2.24) is 24.5 Å². The molecule has 0 spiro atoms. The van der Waals surface area contributed by atoms with Crippen molar-refractivity contribution in [1.29, 1.82) is 0 Å². The van der Waals surface area contributed by atoms with E-state index in [1.807, 2.05) is 6.08 Å². The molecule has 0 amide bonds. The van der Waals surface area contributed by atoms with E-state index in [0.717, 1.165) is 35.9 Å². The molecule has 0 saturated heterocycles. The first-order valence-corrected chi connectivity index (χ1v) is 14.9. The summed E-state index contributed by atoms with van der Waals surface area (Å²) in [7, 11) is 0. The van der Waals surface area contributed by atoms with Gasteiger partial charge in [0.2, 0.25) is 11.7 Å². The second-order valence-corrected chi connectivity index (χ2v) is 11.7. The normalized spacial score (nSPS) is 16.5. The number of nitrogens with two attached hydrogens (primary N) is 1. The lowest BCUT2D eigenvalue weighted by molar-refractivity contribution is -0.120. The van der Waals surface area contributed by atoms with Gasteiger partial charge < -0.3 is 20.2 Å². The second kappa shape index (κ2) is 12.6. The van der Waals surface area contributed by atoms with E-state index in [-0.39, 0.29) is 48.3 Å². The standard InChI is InChI=1S/C31H29F3N6O3S/c1-17-10-28(42-15-18-4-2-3-5-23(32)29(18)33)36-14-27(17)40-31(35)22(13-37-40)30(41)26-12-19-11-20(16-43-34)25(9-8-24(19)38-26)39-44-21-6-7-21/h2-3,5,9-14,21,38-39H,4,6-8,15-16,35H2,1H3. The number of aromatic amines is 1. The number of rotatable bonds is 11. The third-order valence-electron chi connectivity index (χ3n) is 7.43. The smallest absolute Gasteiger partial charge is 0.214 e. The maximum Gasteiger partial charge on any atom is 0.214 e. The molecule has 1 saturated carbocycles. The van der Waals surface area contributed by atoms with Crippen LogP contribution in [0, 0.1) is 6.92 Å². The van der Waals surface area contributed by atoms with Gasteiger partial charge in [-0.25, -0.2) is 18.4 Å². The number of carbonyl (C=O) groups is 1. The number of hydrogen-bond acceptors (Lipinski definition) is 8. The third kappa shape index (κ3) is 6.24. The Morgan fingerprint density at radius 1 is 1.23 bits per heavy atom. The Morgan fingerprint density at radius 3 is 2.84 bits per heavy atom. The molecule has 3 aromatic rings. The summed E-state index contributed by atoms with van der Waals surface area (Å²) in [5, 5.41) is 4.89. The van der Waals surface area contributed by atoms with Crippen molar-refractivity contribution >= 4 is 29.6 Å². The quantitative estimate of drug-likeness (QED) is 0.169. The fourth-order valence-electron chi connectivity index (χ4n) is 4.82. The molecule has 13 heteroatoms. The highest BCUT2D eigenvalue weighted by Gasteiger charge is 2.25. The van der Waals surface area contributed by atoms with Crippen LogP contribution in [0.2, 0.25) is 0 Å². The van der Waals surface area contributed by atoms with Crippen LogP contribution in [0.15, 0.2) is 77.3 Å². The van der Waals surface area contributed by atoms with E-state index in [4.69, 9.17) is 10.5 Å². The Kier molecular flexibility index (Phi) is 8.49. The van der Waals surface area contributed by atoms with Crippen LogP contribution in [-0.2, 0) is 11.4 Å². The number of aromatic nitrogens is 4. The molecule has 0 aliphatic heterocycles. The number of carbonyl (C=O) groups excluding carboxylic acids is 1. The molecule has 1 fully saturated rings. The predicted molar refractivity (Wildman–Crippen MR) is 162 cm³/mol. The summed E-state index contributed by atoms with van der Waals surface area (Å²) >= 11 is 1.62. The summed E-state index contributed by atoms with van der Waals surface area (Å²) in [6.45, 7) is 1.39. The van der Waals surface area contributed by atoms with E-state index in [2.05, 4.69) is 24.7 Å². The molecule has 3 aliphatic carbocycles. The van der Waals surface area contributed by atoms with Gasteiger partial charge in [0, 0.05) is 40.3 Å². The minimum atomic E-state index is -0.944. The van der Waals surface area contributed by atoms with Crippen LogP contribution in [0.5, 0.6) is 5.88 Å². The van der Waals surface area contributed by atoms with Crippen LogP contribution in [0.3, 0.4) is 0 Å².